The van der Waals surface area contributed by atoms with Gasteiger partial charge >= 0.3 is 0 Å². The summed E-state index contributed by atoms with van der Waals surface area (Å²) in [7, 11) is 2.02. The standard InChI is InChI=1S/C17H23N5/c1-18-15-8-10-22(13-15)16-11-17(21-20-12-16)19-9-7-14-5-3-2-4-6-14/h2-6,11-12,15,18H,7-10,13H2,1H3,(H,19,21). The van der Waals surface area contributed by atoms with Crippen molar-refractivity contribution in [2.24, 2.45) is 0 Å². The molecule has 5 nitrogen and oxygen atoms in total. The Labute approximate surface area is 131 Å². The van der Waals surface area contributed by atoms with Gasteiger partial charge in [0.1, 0.15) is 0 Å². The fraction of sp³-hybridized carbons (Fsp3) is 0.412. The van der Waals surface area contributed by atoms with Gasteiger partial charge in [-0.25, -0.2) is 0 Å². The molecule has 0 bridgehead atoms. The van der Waals surface area contributed by atoms with E-state index >= 15 is 0 Å². The van der Waals surface area contributed by atoms with Crippen LogP contribution in [0.3, 0.4) is 0 Å². The van der Waals surface area contributed by atoms with Gasteiger partial charge in [-0.1, -0.05) is 30.3 Å². The van der Waals surface area contributed by atoms with Crippen LogP contribution in [0.15, 0.2) is 42.6 Å². The summed E-state index contributed by atoms with van der Waals surface area (Å²) in [4.78, 5) is 2.36. The van der Waals surface area contributed by atoms with Crippen LogP contribution in [0.2, 0.25) is 0 Å². The number of hydrogen-bond acceptors (Lipinski definition) is 5. The first-order valence-electron chi connectivity index (χ1n) is 7.88. The second kappa shape index (κ2) is 7.22. The first-order chi connectivity index (χ1) is 10.8. The number of benzene rings is 1. The monoisotopic (exact) mass is 297 g/mol. The molecular formula is C17H23N5. The van der Waals surface area contributed by atoms with E-state index in [2.05, 4.69) is 56.1 Å². The molecule has 1 aliphatic rings. The fourth-order valence-corrected chi connectivity index (χ4v) is 2.83. The Hall–Kier alpha value is -2.14. The van der Waals surface area contributed by atoms with E-state index in [1.165, 1.54) is 12.0 Å². The summed E-state index contributed by atoms with van der Waals surface area (Å²) in [6.45, 7) is 2.97. The third-order valence-corrected chi connectivity index (χ3v) is 4.16. The average Bonchev–Trinajstić information content (AvgIpc) is 3.05. The second-order valence-corrected chi connectivity index (χ2v) is 5.68. The lowest BCUT2D eigenvalue weighted by molar-refractivity contribution is 0.617. The molecule has 1 unspecified atom stereocenters. The number of rotatable bonds is 6. The van der Waals surface area contributed by atoms with E-state index in [1.807, 2.05) is 19.3 Å². The zero-order chi connectivity index (χ0) is 15.2. The summed E-state index contributed by atoms with van der Waals surface area (Å²) >= 11 is 0. The van der Waals surface area contributed by atoms with E-state index in [9.17, 15) is 0 Å². The van der Waals surface area contributed by atoms with Crippen molar-refractivity contribution in [2.75, 3.05) is 36.9 Å². The lowest BCUT2D eigenvalue weighted by atomic mass is 10.1. The highest BCUT2D eigenvalue weighted by Crippen LogP contribution is 2.21. The predicted octanol–water partition coefficient (Wildman–Crippen LogP) is 1.93. The highest BCUT2D eigenvalue weighted by Gasteiger charge is 2.21. The van der Waals surface area contributed by atoms with E-state index in [1.54, 1.807) is 0 Å². The van der Waals surface area contributed by atoms with Gasteiger partial charge in [-0.15, -0.1) is 5.10 Å². The van der Waals surface area contributed by atoms with Gasteiger partial charge in [-0.2, -0.15) is 5.10 Å². The second-order valence-electron chi connectivity index (χ2n) is 5.68. The molecule has 0 aliphatic carbocycles. The summed E-state index contributed by atoms with van der Waals surface area (Å²) < 4.78 is 0. The van der Waals surface area contributed by atoms with Crippen molar-refractivity contribution in [1.29, 1.82) is 0 Å². The highest BCUT2D eigenvalue weighted by molar-refractivity contribution is 5.53. The van der Waals surface area contributed by atoms with Gasteiger partial charge in [0, 0.05) is 31.7 Å². The van der Waals surface area contributed by atoms with Gasteiger partial charge in [0.2, 0.25) is 0 Å². The largest absolute Gasteiger partial charge is 0.369 e. The summed E-state index contributed by atoms with van der Waals surface area (Å²) in [6, 6.07) is 13.1. The van der Waals surface area contributed by atoms with Gasteiger partial charge in [0.15, 0.2) is 5.82 Å². The minimum absolute atomic E-state index is 0.572. The third kappa shape index (κ3) is 3.74. The fourth-order valence-electron chi connectivity index (χ4n) is 2.83. The van der Waals surface area contributed by atoms with Crippen LogP contribution in [-0.4, -0.2) is 42.9 Å². The van der Waals surface area contributed by atoms with Crippen molar-refractivity contribution in [2.45, 2.75) is 18.9 Å². The zero-order valence-electron chi connectivity index (χ0n) is 13.0. The van der Waals surface area contributed by atoms with E-state index < -0.39 is 0 Å². The summed E-state index contributed by atoms with van der Waals surface area (Å²) in [6.07, 6.45) is 4.01. The molecule has 116 valence electrons. The van der Waals surface area contributed by atoms with Crippen molar-refractivity contribution < 1.29 is 0 Å². The molecule has 1 atom stereocenters. The summed E-state index contributed by atoms with van der Waals surface area (Å²) in [5, 5.41) is 15.0. The SMILES string of the molecule is CNC1CCN(c2cnnc(NCCc3ccccc3)c2)C1. The van der Waals surface area contributed by atoms with Gasteiger partial charge in [0.05, 0.1) is 11.9 Å². The first-order valence-corrected chi connectivity index (χ1v) is 7.88. The topological polar surface area (TPSA) is 53.1 Å². The van der Waals surface area contributed by atoms with Gasteiger partial charge in [-0.3, -0.25) is 0 Å². The van der Waals surface area contributed by atoms with E-state index in [4.69, 9.17) is 0 Å². The number of aromatic nitrogens is 2. The molecule has 0 amide bonds. The Bertz CT molecular complexity index is 587. The normalized spacial score (nSPS) is 17.7. The van der Waals surface area contributed by atoms with Gasteiger partial charge in [-0.05, 0) is 25.5 Å². The highest BCUT2D eigenvalue weighted by atomic mass is 15.2. The van der Waals surface area contributed by atoms with Crippen LogP contribution >= 0.6 is 0 Å². The Kier molecular flexibility index (Phi) is 4.85. The molecule has 1 fully saturated rings. The Morgan fingerprint density at radius 3 is 2.91 bits per heavy atom. The lowest BCUT2D eigenvalue weighted by Gasteiger charge is -2.18. The maximum Gasteiger partial charge on any atom is 0.150 e. The molecule has 1 aromatic heterocycles. The molecule has 22 heavy (non-hydrogen) atoms. The number of nitrogens with one attached hydrogen (secondary N) is 2. The van der Waals surface area contributed by atoms with E-state index in [-0.39, 0.29) is 0 Å². The van der Waals surface area contributed by atoms with Gasteiger partial charge < -0.3 is 15.5 Å². The predicted molar refractivity (Wildman–Crippen MR) is 90.3 cm³/mol. The summed E-state index contributed by atoms with van der Waals surface area (Å²) in [5.74, 6) is 0.848. The maximum absolute atomic E-state index is 4.18. The maximum atomic E-state index is 4.18. The van der Waals surface area contributed by atoms with Crippen LogP contribution < -0.4 is 15.5 Å². The summed E-state index contributed by atoms with van der Waals surface area (Å²) in [5.41, 5.74) is 2.48. The molecule has 1 saturated heterocycles. The molecule has 1 aromatic carbocycles. The van der Waals surface area contributed by atoms with Crippen LogP contribution in [-0.2, 0) is 6.42 Å². The molecule has 5 heteroatoms. The molecule has 3 rings (SSSR count). The molecule has 2 N–H and O–H groups in total. The number of hydrogen-bond donors (Lipinski definition) is 2. The smallest absolute Gasteiger partial charge is 0.150 e. The van der Waals surface area contributed by atoms with Crippen LogP contribution in [0.4, 0.5) is 11.5 Å². The molecule has 0 saturated carbocycles. The molecule has 0 radical (unpaired) electrons. The average molecular weight is 297 g/mol. The molecule has 2 heterocycles. The van der Waals surface area contributed by atoms with Crippen LogP contribution in [0.1, 0.15) is 12.0 Å². The number of nitrogens with zero attached hydrogens (tertiary/aromatic N) is 3. The van der Waals surface area contributed by atoms with Crippen molar-refractivity contribution >= 4 is 11.5 Å². The van der Waals surface area contributed by atoms with Crippen LogP contribution in [0.25, 0.3) is 0 Å². The van der Waals surface area contributed by atoms with Crippen molar-refractivity contribution in [1.82, 2.24) is 15.5 Å². The molecular weight excluding hydrogens is 274 g/mol. The molecule has 2 aromatic rings. The van der Waals surface area contributed by atoms with Crippen molar-refractivity contribution in [3.05, 3.63) is 48.2 Å². The van der Waals surface area contributed by atoms with Crippen molar-refractivity contribution in [3.63, 3.8) is 0 Å². The molecule has 0 spiro atoms. The Morgan fingerprint density at radius 1 is 1.27 bits per heavy atom. The van der Waals surface area contributed by atoms with Crippen LogP contribution in [0, 0.1) is 0 Å². The minimum Gasteiger partial charge on any atom is -0.369 e. The van der Waals surface area contributed by atoms with Crippen molar-refractivity contribution in [3.8, 4) is 0 Å². The molecule has 1 aliphatic heterocycles. The zero-order valence-corrected chi connectivity index (χ0v) is 13.0. The third-order valence-electron chi connectivity index (χ3n) is 4.16. The lowest BCUT2D eigenvalue weighted by Crippen LogP contribution is -2.29. The number of anilines is 2. The Balaban J connectivity index is 1.55. The van der Waals surface area contributed by atoms with Crippen LogP contribution in [0.5, 0.6) is 0 Å². The first kappa shape index (κ1) is 14.8. The minimum atomic E-state index is 0.572. The quantitative estimate of drug-likeness (QED) is 0.853. The van der Waals surface area contributed by atoms with E-state index in [0.717, 1.165) is 37.6 Å². The Morgan fingerprint density at radius 2 is 2.14 bits per heavy atom. The van der Waals surface area contributed by atoms with E-state index in [0.29, 0.717) is 6.04 Å². The number of likely N-dealkylation sites (N-methyl/N-ethyl adjacent to an activating group) is 1. The van der Waals surface area contributed by atoms with Gasteiger partial charge in [0.25, 0.3) is 0 Å².